The highest BCUT2D eigenvalue weighted by atomic mass is 32.2. The average Bonchev–Trinajstić information content (AvgIpc) is 2.99. The quantitative estimate of drug-likeness (QED) is 0.613. The van der Waals surface area contributed by atoms with Gasteiger partial charge in [-0.1, -0.05) is 19.8 Å². The van der Waals surface area contributed by atoms with E-state index in [1.807, 2.05) is 0 Å². The molecule has 2 rings (SSSR count). The molecule has 1 aromatic heterocycles. The number of guanidine groups is 1. The second-order valence-electron chi connectivity index (χ2n) is 6.67. The van der Waals surface area contributed by atoms with Gasteiger partial charge in [-0.3, -0.25) is 4.99 Å². The lowest BCUT2D eigenvalue weighted by molar-refractivity contribution is 0.250. The van der Waals surface area contributed by atoms with Crippen molar-refractivity contribution >= 4 is 27.3 Å². The summed E-state index contributed by atoms with van der Waals surface area (Å²) in [4.78, 5) is 7.41. The van der Waals surface area contributed by atoms with Crippen molar-refractivity contribution in [1.29, 1.82) is 0 Å². The molecule has 6 nitrogen and oxygen atoms in total. The van der Waals surface area contributed by atoms with E-state index in [1.165, 1.54) is 37.0 Å². The van der Waals surface area contributed by atoms with E-state index in [2.05, 4.69) is 29.2 Å². The molecular weight excluding hydrogens is 344 g/mol. The van der Waals surface area contributed by atoms with E-state index in [4.69, 9.17) is 5.14 Å². The Morgan fingerprint density at radius 3 is 2.58 bits per heavy atom. The Hall–Kier alpha value is -1.12. The zero-order chi connectivity index (χ0) is 17.7. The maximum absolute atomic E-state index is 11.3. The van der Waals surface area contributed by atoms with Gasteiger partial charge < -0.3 is 10.2 Å². The molecule has 0 saturated heterocycles. The third kappa shape index (κ3) is 5.46. The van der Waals surface area contributed by atoms with E-state index in [-0.39, 0.29) is 4.21 Å². The Kier molecular flexibility index (Phi) is 6.65. The van der Waals surface area contributed by atoms with Crippen molar-refractivity contribution < 1.29 is 8.42 Å². The number of hydrogen-bond donors (Lipinski definition) is 2. The van der Waals surface area contributed by atoms with Gasteiger partial charge in [0.1, 0.15) is 4.21 Å². The number of thiophene rings is 1. The van der Waals surface area contributed by atoms with Crippen molar-refractivity contribution in [3.05, 3.63) is 17.0 Å². The van der Waals surface area contributed by atoms with Gasteiger partial charge in [-0.05, 0) is 36.8 Å². The van der Waals surface area contributed by atoms with Crippen LogP contribution in [-0.4, -0.2) is 39.9 Å². The number of aliphatic imine (C=N–C) groups is 1. The van der Waals surface area contributed by atoms with Crippen LogP contribution in [0.15, 0.2) is 21.3 Å². The predicted octanol–water partition coefficient (Wildman–Crippen LogP) is 2.23. The Balaban J connectivity index is 1.86. The molecule has 1 saturated carbocycles. The van der Waals surface area contributed by atoms with Crippen molar-refractivity contribution in [2.45, 2.75) is 43.4 Å². The molecule has 3 N–H and O–H groups in total. The lowest BCUT2D eigenvalue weighted by Crippen LogP contribution is -2.41. The van der Waals surface area contributed by atoms with Crippen molar-refractivity contribution in [3.63, 3.8) is 0 Å². The SMILES string of the molecule is CN=C(NCc1ccc(S(N)(=O)=O)s1)N(C)CC1CCC(C)CC1. The molecule has 0 atom stereocenters. The maximum Gasteiger partial charge on any atom is 0.247 e. The minimum absolute atomic E-state index is 0.193. The first-order valence-electron chi connectivity index (χ1n) is 8.33. The summed E-state index contributed by atoms with van der Waals surface area (Å²) >= 11 is 1.19. The lowest BCUT2D eigenvalue weighted by atomic mass is 9.83. The highest BCUT2D eigenvalue weighted by Crippen LogP contribution is 2.28. The minimum atomic E-state index is -3.62. The van der Waals surface area contributed by atoms with Crippen molar-refractivity contribution in [2.75, 3.05) is 20.6 Å². The molecule has 1 aliphatic carbocycles. The monoisotopic (exact) mass is 372 g/mol. The first-order valence-corrected chi connectivity index (χ1v) is 10.7. The van der Waals surface area contributed by atoms with Gasteiger partial charge in [-0.15, -0.1) is 11.3 Å². The first-order chi connectivity index (χ1) is 11.3. The van der Waals surface area contributed by atoms with E-state index in [1.54, 1.807) is 19.2 Å². The number of hydrogen-bond acceptors (Lipinski definition) is 4. The van der Waals surface area contributed by atoms with E-state index < -0.39 is 10.0 Å². The second kappa shape index (κ2) is 8.31. The number of nitrogens with one attached hydrogen (secondary N) is 1. The molecule has 1 aromatic rings. The summed E-state index contributed by atoms with van der Waals surface area (Å²) in [5, 5.41) is 8.44. The summed E-state index contributed by atoms with van der Waals surface area (Å²) < 4.78 is 22.9. The second-order valence-corrected chi connectivity index (χ2v) is 9.63. The fourth-order valence-corrected chi connectivity index (χ4v) is 4.86. The molecular formula is C16H28N4O2S2. The molecule has 136 valence electrons. The predicted molar refractivity (Wildman–Crippen MR) is 99.6 cm³/mol. The molecule has 1 aliphatic rings. The maximum atomic E-state index is 11.3. The third-order valence-electron chi connectivity index (χ3n) is 4.58. The Morgan fingerprint density at radius 2 is 2.04 bits per heavy atom. The zero-order valence-corrected chi connectivity index (χ0v) is 16.3. The smallest absolute Gasteiger partial charge is 0.247 e. The summed E-state index contributed by atoms with van der Waals surface area (Å²) in [5.41, 5.74) is 0. The van der Waals surface area contributed by atoms with Crippen molar-refractivity contribution in [1.82, 2.24) is 10.2 Å². The number of nitrogens with zero attached hydrogens (tertiary/aromatic N) is 2. The molecule has 0 unspecified atom stereocenters. The fourth-order valence-electron chi connectivity index (χ4n) is 3.14. The zero-order valence-electron chi connectivity index (χ0n) is 14.7. The Morgan fingerprint density at radius 1 is 1.38 bits per heavy atom. The van der Waals surface area contributed by atoms with Crippen molar-refractivity contribution in [3.8, 4) is 0 Å². The van der Waals surface area contributed by atoms with E-state index in [9.17, 15) is 8.42 Å². The van der Waals surface area contributed by atoms with Crippen LogP contribution in [0.2, 0.25) is 0 Å². The number of sulfonamides is 1. The van der Waals surface area contributed by atoms with Gasteiger partial charge in [0.25, 0.3) is 0 Å². The highest BCUT2D eigenvalue weighted by molar-refractivity contribution is 7.91. The van der Waals surface area contributed by atoms with Crippen LogP contribution >= 0.6 is 11.3 Å². The molecule has 0 aliphatic heterocycles. The number of nitrogens with two attached hydrogens (primary N) is 1. The van der Waals surface area contributed by atoms with Gasteiger partial charge in [-0.25, -0.2) is 13.6 Å². The third-order valence-corrected chi connectivity index (χ3v) is 7.10. The number of rotatable bonds is 5. The van der Waals surface area contributed by atoms with Crippen LogP contribution in [0.1, 0.15) is 37.5 Å². The van der Waals surface area contributed by atoms with Crippen LogP contribution in [0.25, 0.3) is 0 Å². The van der Waals surface area contributed by atoms with Crippen LogP contribution in [0.3, 0.4) is 0 Å². The van der Waals surface area contributed by atoms with Gasteiger partial charge in [-0.2, -0.15) is 0 Å². The lowest BCUT2D eigenvalue weighted by Gasteiger charge is -2.31. The largest absolute Gasteiger partial charge is 0.351 e. The first kappa shape index (κ1) is 19.2. The van der Waals surface area contributed by atoms with Crippen LogP contribution < -0.4 is 10.5 Å². The summed E-state index contributed by atoms with van der Waals surface area (Å²) in [6, 6.07) is 3.33. The molecule has 0 bridgehead atoms. The van der Waals surface area contributed by atoms with Gasteiger partial charge in [0, 0.05) is 25.5 Å². The Bertz CT molecular complexity index is 661. The molecule has 8 heteroatoms. The van der Waals surface area contributed by atoms with Gasteiger partial charge in [0.2, 0.25) is 10.0 Å². The van der Waals surface area contributed by atoms with E-state index >= 15 is 0 Å². The molecule has 0 spiro atoms. The summed E-state index contributed by atoms with van der Waals surface area (Å²) in [7, 11) is 0.207. The highest BCUT2D eigenvalue weighted by Gasteiger charge is 2.20. The molecule has 0 aromatic carbocycles. The topological polar surface area (TPSA) is 87.8 Å². The van der Waals surface area contributed by atoms with E-state index in [0.29, 0.717) is 6.54 Å². The van der Waals surface area contributed by atoms with Gasteiger partial charge in [0.15, 0.2) is 5.96 Å². The van der Waals surface area contributed by atoms with Crippen LogP contribution in [0, 0.1) is 11.8 Å². The van der Waals surface area contributed by atoms with Crippen LogP contribution in [0.5, 0.6) is 0 Å². The normalized spacial score (nSPS) is 22.4. The summed E-state index contributed by atoms with van der Waals surface area (Å²) in [6.45, 7) is 3.87. The van der Waals surface area contributed by atoms with Gasteiger partial charge in [0.05, 0.1) is 6.54 Å². The summed E-state index contributed by atoms with van der Waals surface area (Å²) in [5.74, 6) is 2.41. The fraction of sp³-hybridized carbons (Fsp3) is 0.688. The molecule has 0 amide bonds. The van der Waals surface area contributed by atoms with Crippen LogP contribution in [-0.2, 0) is 16.6 Å². The minimum Gasteiger partial charge on any atom is -0.351 e. The standard InChI is InChI=1S/C16H28N4O2S2/c1-12-4-6-13(7-5-12)11-20(3)16(18-2)19-10-14-8-9-15(23-14)24(17,21)22/h8-9,12-13H,4-7,10-11H2,1-3H3,(H,18,19)(H2,17,21,22). The summed E-state index contributed by atoms with van der Waals surface area (Å²) in [6.07, 6.45) is 5.20. The molecule has 1 heterocycles. The molecule has 0 radical (unpaired) electrons. The van der Waals surface area contributed by atoms with Gasteiger partial charge >= 0.3 is 0 Å². The molecule has 1 fully saturated rings. The number of primary sulfonamides is 1. The molecule has 24 heavy (non-hydrogen) atoms. The average molecular weight is 373 g/mol. The van der Waals surface area contributed by atoms with Crippen LogP contribution in [0.4, 0.5) is 0 Å². The van der Waals surface area contributed by atoms with Crippen molar-refractivity contribution in [2.24, 2.45) is 22.0 Å². The Labute approximate surface area is 149 Å². The van der Waals surface area contributed by atoms with E-state index in [0.717, 1.165) is 29.2 Å².